The molecule has 1 fully saturated rings. The first-order chi connectivity index (χ1) is 11.7. The van der Waals surface area contributed by atoms with E-state index in [4.69, 9.17) is 4.74 Å². The van der Waals surface area contributed by atoms with Crippen molar-refractivity contribution in [3.63, 3.8) is 0 Å². The summed E-state index contributed by atoms with van der Waals surface area (Å²) in [6.07, 6.45) is 0. The summed E-state index contributed by atoms with van der Waals surface area (Å²) in [6, 6.07) is 7.48. The van der Waals surface area contributed by atoms with E-state index >= 15 is 0 Å². The van der Waals surface area contributed by atoms with Gasteiger partial charge in [0.15, 0.2) is 5.96 Å². The smallest absolute Gasteiger partial charge is 0.243 e. The quantitative estimate of drug-likeness (QED) is 0.298. The Bertz CT molecular complexity index is 567. The van der Waals surface area contributed by atoms with Gasteiger partial charge < -0.3 is 20.7 Å². The van der Waals surface area contributed by atoms with Crippen LogP contribution >= 0.6 is 39.9 Å². The van der Waals surface area contributed by atoms with Crippen molar-refractivity contribution in [1.82, 2.24) is 15.5 Å². The van der Waals surface area contributed by atoms with E-state index in [0.717, 1.165) is 49.6 Å². The van der Waals surface area contributed by atoms with Crippen molar-refractivity contribution in [3.05, 3.63) is 28.7 Å². The molecule has 0 saturated carbocycles. The molecule has 1 amide bonds. The van der Waals surface area contributed by atoms with E-state index in [9.17, 15) is 4.79 Å². The lowest BCUT2D eigenvalue weighted by Gasteiger charge is -2.26. The lowest BCUT2D eigenvalue weighted by molar-refractivity contribution is -0.115. The van der Waals surface area contributed by atoms with Crippen molar-refractivity contribution in [2.45, 2.75) is 0 Å². The third kappa shape index (κ3) is 8.84. The Kier molecular flexibility index (Phi) is 11.0. The second-order valence-electron chi connectivity index (χ2n) is 5.37. The van der Waals surface area contributed by atoms with Crippen LogP contribution in [0.1, 0.15) is 0 Å². The molecular formula is C16H25BrIN5O2. The minimum Gasteiger partial charge on any atom is -0.379 e. The molecule has 0 atom stereocenters. The second kappa shape index (κ2) is 12.4. The van der Waals surface area contributed by atoms with E-state index < -0.39 is 0 Å². The largest absolute Gasteiger partial charge is 0.379 e. The number of ether oxygens (including phenoxy) is 1. The molecule has 7 nitrogen and oxygen atoms in total. The Morgan fingerprint density at radius 3 is 2.76 bits per heavy atom. The maximum absolute atomic E-state index is 12.0. The lowest BCUT2D eigenvalue weighted by atomic mass is 10.3. The van der Waals surface area contributed by atoms with Crippen LogP contribution < -0.4 is 16.0 Å². The van der Waals surface area contributed by atoms with Crippen molar-refractivity contribution in [1.29, 1.82) is 0 Å². The third-order valence-corrected chi connectivity index (χ3v) is 4.07. The van der Waals surface area contributed by atoms with E-state index in [1.54, 1.807) is 7.05 Å². The minimum atomic E-state index is -0.121. The SMILES string of the molecule is CN=C(NCCN1CCOCC1)NCC(=O)Nc1cccc(Br)c1.I. The van der Waals surface area contributed by atoms with Crippen LogP contribution in [0.4, 0.5) is 5.69 Å². The fraction of sp³-hybridized carbons (Fsp3) is 0.500. The summed E-state index contributed by atoms with van der Waals surface area (Å²) in [5.41, 5.74) is 0.756. The topological polar surface area (TPSA) is 78.0 Å². The first kappa shape index (κ1) is 22.1. The van der Waals surface area contributed by atoms with Gasteiger partial charge >= 0.3 is 0 Å². The van der Waals surface area contributed by atoms with Crippen LogP contribution in [0.15, 0.2) is 33.7 Å². The standard InChI is InChI=1S/C16H24BrN5O2.HI/c1-18-16(19-5-6-22-7-9-24-10-8-22)20-12-15(23)21-14-4-2-3-13(17)11-14;/h2-4,11H,5-10,12H2,1H3,(H,21,23)(H2,18,19,20);1H. The van der Waals surface area contributed by atoms with Crippen molar-refractivity contribution in [2.75, 3.05) is 58.3 Å². The molecule has 0 bridgehead atoms. The number of amides is 1. The molecule has 1 aromatic carbocycles. The Morgan fingerprint density at radius 2 is 2.08 bits per heavy atom. The van der Waals surface area contributed by atoms with Crippen LogP contribution in [-0.2, 0) is 9.53 Å². The zero-order valence-corrected chi connectivity index (χ0v) is 18.2. The van der Waals surface area contributed by atoms with Gasteiger partial charge in [0.2, 0.25) is 5.91 Å². The molecule has 1 aromatic rings. The average molecular weight is 526 g/mol. The monoisotopic (exact) mass is 525 g/mol. The van der Waals surface area contributed by atoms with Gasteiger partial charge in [-0.05, 0) is 18.2 Å². The van der Waals surface area contributed by atoms with Gasteiger partial charge in [-0.25, -0.2) is 0 Å². The van der Waals surface area contributed by atoms with Crippen LogP contribution in [0, 0.1) is 0 Å². The summed E-state index contributed by atoms with van der Waals surface area (Å²) in [5.74, 6) is 0.497. The summed E-state index contributed by atoms with van der Waals surface area (Å²) < 4.78 is 6.25. The average Bonchev–Trinajstić information content (AvgIpc) is 2.59. The maximum atomic E-state index is 12.0. The number of benzene rings is 1. The van der Waals surface area contributed by atoms with Crippen LogP contribution in [0.25, 0.3) is 0 Å². The summed E-state index contributed by atoms with van der Waals surface area (Å²) in [7, 11) is 1.69. The molecule has 0 unspecified atom stereocenters. The first-order valence-corrected chi connectivity index (χ1v) is 8.76. The predicted molar refractivity (Wildman–Crippen MR) is 115 cm³/mol. The zero-order valence-electron chi connectivity index (χ0n) is 14.3. The molecule has 140 valence electrons. The molecule has 9 heteroatoms. The second-order valence-corrected chi connectivity index (χ2v) is 6.28. The number of carbonyl (C=O) groups excluding carboxylic acids is 1. The van der Waals surface area contributed by atoms with Crippen molar-refractivity contribution < 1.29 is 9.53 Å². The highest BCUT2D eigenvalue weighted by Gasteiger charge is 2.10. The Morgan fingerprint density at radius 1 is 1.32 bits per heavy atom. The molecule has 2 rings (SSSR count). The van der Waals surface area contributed by atoms with E-state index in [0.29, 0.717) is 5.96 Å². The number of anilines is 1. The highest BCUT2D eigenvalue weighted by Crippen LogP contribution is 2.15. The van der Waals surface area contributed by atoms with Crippen LogP contribution in [0.5, 0.6) is 0 Å². The molecule has 1 saturated heterocycles. The van der Waals surface area contributed by atoms with E-state index in [1.165, 1.54) is 0 Å². The zero-order chi connectivity index (χ0) is 17.2. The fourth-order valence-corrected chi connectivity index (χ4v) is 2.71. The van der Waals surface area contributed by atoms with E-state index in [2.05, 4.69) is 41.8 Å². The molecule has 0 spiro atoms. The summed E-state index contributed by atoms with van der Waals surface area (Å²) in [6.45, 7) is 5.36. The highest BCUT2D eigenvalue weighted by atomic mass is 127. The molecule has 0 aromatic heterocycles. The number of carbonyl (C=O) groups is 1. The highest BCUT2D eigenvalue weighted by molar-refractivity contribution is 14.0. The minimum absolute atomic E-state index is 0. The van der Waals surface area contributed by atoms with Gasteiger partial charge in [0.05, 0.1) is 19.8 Å². The van der Waals surface area contributed by atoms with Gasteiger partial charge in [0.1, 0.15) is 0 Å². The maximum Gasteiger partial charge on any atom is 0.243 e. The summed E-state index contributed by atoms with van der Waals surface area (Å²) >= 11 is 3.38. The summed E-state index contributed by atoms with van der Waals surface area (Å²) in [5, 5.41) is 9.06. The van der Waals surface area contributed by atoms with Crippen LogP contribution in [0.2, 0.25) is 0 Å². The fourth-order valence-electron chi connectivity index (χ4n) is 2.31. The number of aliphatic imine (C=N–C) groups is 1. The number of rotatable bonds is 6. The van der Waals surface area contributed by atoms with Gasteiger partial charge in [-0.1, -0.05) is 22.0 Å². The molecule has 1 aliphatic heterocycles. The molecular weight excluding hydrogens is 501 g/mol. The molecule has 0 radical (unpaired) electrons. The summed E-state index contributed by atoms with van der Waals surface area (Å²) in [4.78, 5) is 18.4. The van der Waals surface area contributed by atoms with Crippen molar-refractivity contribution >= 4 is 57.5 Å². The number of halogens is 2. The number of guanidine groups is 1. The van der Waals surface area contributed by atoms with E-state index in [-0.39, 0.29) is 36.4 Å². The molecule has 3 N–H and O–H groups in total. The number of hydrogen-bond acceptors (Lipinski definition) is 4. The molecule has 1 aliphatic rings. The van der Waals surface area contributed by atoms with Gasteiger partial charge in [-0.2, -0.15) is 0 Å². The first-order valence-electron chi connectivity index (χ1n) is 7.97. The van der Waals surface area contributed by atoms with Crippen molar-refractivity contribution in [3.8, 4) is 0 Å². The van der Waals surface area contributed by atoms with Gasteiger partial charge in [-0.15, -0.1) is 24.0 Å². The number of nitrogens with zero attached hydrogens (tertiary/aromatic N) is 2. The predicted octanol–water partition coefficient (Wildman–Crippen LogP) is 1.50. The van der Waals surface area contributed by atoms with E-state index in [1.807, 2.05) is 24.3 Å². The third-order valence-electron chi connectivity index (χ3n) is 3.57. The van der Waals surface area contributed by atoms with Crippen LogP contribution in [-0.4, -0.2) is 69.8 Å². The van der Waals surface area contributed by atoms with Crippen LogP contribution in [0.3, 0.4) is 0 Å². The Balaban J connectivity index is 0.00000312. The Hall–Kier alpha value is -0.910. The number of nitrogens with one attached hydrogen (secondary N) is 3. The van der Waals surface area contributed by atoms with Crippen molar-refractivity contribution in [2.24, 2.45) is 4.99 Å². The molecule has 0 aliphatic carbocycles. The van der Waals surface area contributed by atoms with Gasteiger partial charge in [-0.3, -0.25) is 14.7 Å². The number of hydrogen-bond donors (Lipinski definition) is 3. The molecule has 25 heavy (non-hydrogen) atoms. The number of morpholine rings is 1. The molecule has 1 heterocycles. The van der Waals surface area contributed by atoms with Gasteiger partial charge in [0, 0.05) is 43.4 Å². The lowest BCUT2D eigenvalue weighted by Crippen LogP contribution is -2.45. The normalized spacial score (nSPS) is 15.2. The van der Waals surface area contributed by atoms with Gasteiger partial charge in [0.25, 0.3) is 0 Å². The Labute approximate surface area is 174 Å².